The number of hydrogen-bond donors (Lipinski definition) is 1. The summed E-state index contributed by atoms with van der Waals surface area (Å²) in [7, 11) is 0. The third-order valence-corrected chi connectivity index (χ3v) is 2.81. The van der Waals surface area contributed by atoms with Crippen LogP contribution in [0.5, 0.6) is 0 Å². The smallest absolute Gasteiger partial charge is 0.307 e. The fourth-order valence-electron chi connectivity index (χ4n) is 2.15. The molecule has 3 heteroatoms. The van der Waals surface area contributed by atoms with Crippen LogP contribution in [0.4, 0.5) is 0 Å². The van der Waals surface area contributed by atoms with Gasteiger partial charge in [0.2, 0.25) is 0 Å². The number of carbonyl (C=O) groups is 1. The first kappa shape index (κ1) is 9.31. The second kappa shape index (κ2) is 3.48. The first-order chi connectivity index (χ1) is 6.68. The molecular formula is C11H14O3. The van der Waals surface area contributed by atoms with Crippen LogP contribution in [0.25, 0.3) is 0 Å². The molecule has 0 bridgehead atoms. The third kappa shape index (κ3) is 1.54. The normalized spacial score (nSPS) is 15.2. The van der Waals surface area contributed by atoms with Gasteiger partial charge in [0.1, 0.15) is 11.5 Å². The van der Waals surface area contributed by atoms with E-state index < -0.39 is 5.97 Å². The Labute approximate surface area is 82.7 Å². The largest absolute Gasteiger partial charge is 0.481 e. The highest BCUT2D eigenvalue weighted by atomic mass is 16.4. The van der Waals surface area contributed by atoms with Crippen LogP contribution in [0, 0.1) is 6.92 Å². The molecule has 1 aromatic rings. The average molecular weight is 194 g/mol. The maximum atomic E-state index is 10.7. The van der Waals surface area contributed by atoms with Gasteiger partial charge in [0.25, 0.3) is 0 Å². The summed E-state index contributed by atoms with van der Waals surface area (Å²) in [6.07, 6.45) is 4.36. The quantitative estimate of drug-likeness (QED) is 0.784. The van der Waals surface area contributed by atoms with Crippen LogP contribution in [0.2, 0.25) is 0 Å². The van der Waals surface area contributed by atoms with E-state index >= 15 is 0 Å². The molecule has 1 aromatic heterocycles. The topological polar surface area (TPSA) is 50.4 Å². The van der Waals surface area contributed by atoms with E-state index in [-0.39, 0.29) is 6.42 Å². The molecule has 0 saturated heterocycles. The van der Waals surface area contributed by atoms with Crippen molar-refractivity contribution in [2.45, 2.75) is 39.0 Å². The monoisotopic (exact) mass is 194 g/mol. The molecule has 0 aromatic carbocycles. The Morgan fingerprint density at radius 2 is 2.14 bits per heavy atom. The van der Waals surface area contributed by atoms with Gasteiger partial charge >= 0.3 is 5.97 Å². The van der Waals surface area contributed by atoms with Crippen molar-refractivity contribution in [3.8, 4) is 0 Å². The summed E-state index contributed by atoms with van der Waals surface area (Å²) in [5.74, 6) is 1.03. The summed E-state index contributed by atoms with van der Waals surface area (Å²) in [6.45, 7) is 1.86. The average Bonchev–Trinajstić information content (AvgIpc) is 2.43. The molecule has 0 aliphatic heterocycles. The SMILES string of the molecule is Cc1oc2c(c1CC(=O)O)CCCC2. The lowest BCUT2D eigenvalue weighted by Gasteiger charge is -2.09. The van der Waals surface area contributed by atoms with Crippen molar-refractivity contribution >= 4 is 5.97 Å². The number of carboxylic acid groups (broad SMARTS) is 1. The highest BCUT2D eigenvalue weighted by Gasteiger charge is 2.21. The number of rotatable bonds is 2. The second-order valence-corrected chi connectivity index (χ2v) is 3.82. The van der Waals surface area contributed by atoms with Crippen molar-refractivity contribution in [1.29, 1.82) is 0 Å². The molecule has 14 heavy (non-hydrogen) atoms. The summed E-state index contributed by atoms with van der Waals surface area (Å²) in [4.78, 5) is 10.7. The number of aliphatic carboxylic acids is 1. The minimum Gasteiger partial charge on any atom is -0.481 e. The van der Waals surface area contributed by atoms with Crippen molar-refractivity contribution in [2.75, 3.05) is 0 Å². The Hall–Kier alpha value is -1.25. The van der Waals surface area contributed by atoms with Crippen LogP contribution in [0.15, 0.2) is 4.42 Å². The van der Waals surface area contributed by atoms with E-state index in [1.807, 2.05) is 6.92 Å². The van der Waals surface area contributed by atoms with Gasteiger partial charge < -0.3 is 9.52 Å². The molecule has 0 amide bonds. The number of aryl methyl sites for hydroxylation is 2. The fourth-order valence-corrected chi connectivity index (χ4v) is 2.15. The van der Waals surface area contributed by atoms with Crippen LogP contribution < -0.4 is 0 Å². The first-order valence-electron chi connectivity index (χ1n) is 5.00. The summed E-state index contributed by atoms with van der Waals surface area (Å²) < 4.78 is 5.57. The van der Waals surface area contributed by atoms with E-state index in [1.54, 1.807) is 0 Å². The summed E-state index contributed by atoms with van der Waals surface area (Å²) >= 11 is 0. The lowest BCUT2D eigenvalue weighted by atomic mass is 9.93. The van der Waals surface area contributed by atoms with Crippen LogP contribution in [0.1, 0.15) is 35.5 Å². The highest BCUT2D eigenvalue weighted by molar-refractivity contribution is 5.71. The predicted octanol–water partition coefficient (Wildman–Crippen LogP) is 2.09. The van der Waals surface area contributed by atoms with Gasteiger partial charge in [-0.1, -0.05) is 0 Å². The van der Waals surface area contributed by atoms with Crippen molar-refractivity contribution < 1.29 is 14.3 Å². The fraction of sp³-hybridized carbons (Fsp3) is 0.545. The zero-order chi connectivity index (χ0) is 10.1. The molecule has 1 aliphatic carbocycles. The second-order valence-electron chi connectivity index (χ2n) is 3.82. The molecule has 1 heterocycles. The highest BCUT2D eigenvalue weighted by Crippen LogP contribution is 2.29. The predicted molar refractivity (Wildman–Crippen MR) is 51.4 cm³/mol. The van der Waals surface area contributed by atoms with Crippen molar-refractivity contribution in [2.24, 2.45) is 0 Å². The Morgan fingerprint density at radius 1 is 1.43 bits per heavy atom. The van der Waals surface area contributed by atoms with Gasteiger partial charge in [-0.05, 0) is 31.7 Å². The van der Waals surface area contributed by atoms with Crippen molar-refractivity contribution in [1.82, 2.24) is 0 Å². The summed E-state index contributed by atoms with van der Waals surface area (Å²) in [5.41, 5.74) is 2.07. The molecule has 76 valence electrons. The number of carboxylic acids is 1. The van der Waals surface area contributed by atoms with E-state index in [2.05, 4.69) is 0 Å². The van der Waals surface area contributed by atoms with Crippen LogP contribution in [0.3, 0.4) is 0 Å². The molecule has 0 fully saturated rings. The Balaban J connectivity index is 2.37. The van der Waals surface area contributed by atoms with Gasteiger partial charge in [-0.15, -0.1) is 0 Å². The van der Waals surface area contributed by atoms with Gasteiger partial charge in [-0.25, -0.2) is 0 Å². The van der Waals surface area contributed by atoms with E-state index in [0.29, 0.717) is 0 Å². The Bertz CT molecular complexity index is 363. The summed E-state index contributed by atoms with van der Waals surface area (Å²) in [6, 6.07) is 0. The van der Waals surface area contributed by atoms with Crippen LogP contribution in [-0.4, -0.2) is 11.1 Å². The van der Waals surface area contributed by atoms with Gasteiger partial charge in [0.05, 0.1) is 6.42 Å². The molecular weight excluding hydrogens is 180 g/mol. The van der Waals surface area contributed by atoms with Gasteiger partial charge in [0.15, 0.2) is 0 Å². The zero-order valence-corrected chi connectivity index (χ0v) is 8.30. The molecule has 1 aliphatic rings. The van der Waals surface area contributed by atoms with E-state index in [9.17, 15) is 4.79 Å². The number of hydrogen-bond acceptors (Lipinski definition) is 2. The van der Waals surface area contributed by atoms with Crippen molar-refractivity contribution in [3.05, 3.63) is 22.6 Å². The van der Waals surface area contributed by atoms with Crippen LogP contribution >= 0.6 is 0 Å². The van der Waals surface area contributed by atoms with Gasteiger partial charge in [0, 0.05) is 12.0 Å². The summed E-state index contributed by atoms with van der Waals surface area (Å²) in [5, 5.41) is 8.77. The lowest BCUT2D eigenvalue weighted by molar-refractivity contribution is -0.136. The number of furan rings is 1. The minimum atomic E-state index is -0.776. The van der Waals surface area contributed by atoms with E-state index in [1.165, 1.54) is 0 Å². The standard InChI is InChI=1S/C11H14O3/c1-7-9(6-11(12)13)8-4-2-3-5-10(8)14-7/h2-6H2,1H3,(H,12,13). The molecule has 0 radical (unpaired) electrons. The molecule has 2 rings (SSSR count). The van der Waals surface area contributed by atoms with Gasteiger partial charge in [-0.2, -0.15) is 0 Å². The van der Waals surface area contributed by atoms with E-state index in [0.717, 1.165) is 48.3 Å². The lowest BCUT2D eigenvalue weighted by Crippen LogP contribution is -2.06. The molecule has 0 unspecified atom stereocenters. The van der Waals surface area contributed by atoms with E-state index in [4.69, 9.17) is 9.52 Å². The number of fused-ring (bicyclic) bond motifs is 1. The molecule has 0 atom stereocenters. The maximum absolute atomic E-state index is 10.7. The third-order valence-electron chi connectivity index (χ3n) is 2.81. The van der Waals surface area contributed by atoms with Crippen molar-refractivity contribution in [3.63, 3.8) is 0 Å². The Kier molecular flexibility index (Phi) is 2.32. The van der Waals surface area contributed by atoms with Gasteiger partial charge in [-0.3, -0.25) is 4.79 Å². The Morgan fingerprint density at radius 3 is 2.86 bits per heavy atom. The molecule has 0 saturated carbocycles. The molecule has 1 N–H and O–H groups in total. The first-order valence-corrected chi connectivity index (χ1v) is 5.00. The zero-order valence-electron chi connectivity index (χ0n) is 8.30. The minimum absolute atomic E-state index is 0.102. The molecule has 0 spiro atoms. The van der Waals surface area contributed by atoms with Crippen LogP contribution in [-0.2, 0) is 24.1 Å². The molecule has 3 nitrogen and oxygen atoms in total. The maximum Gasteiger partial charge on any atom is 0.307 e.